The smallest absolute Gasteiger partial charge is 0.246 e. The molecule has 0 spiro atoms. The van der Waals surface area contributed by atoms with Gasteiger partial charge in [-0.1, -0.05) is 32.1 Å². The van der Waals surface area contributed by atoms with Gasteiger partial charge in [-0.15, -0.1) is 0 Å². The van der Waals surface area contributed by atoms with E-state index in [1.165, 1.54) is 25.4 Å². The molecule has 0 aliphatic heterocycles. The SMILES string of the molecule is C=C(C)C(=O)NCCC[N+](C)(C)CCCC[SiH](C)C. The van der Waals surface area contributed by atoms with Crippen molar-refractivity contribution in [1.82, 2.24) is 5.32 Å². The minimum atomic E-state index is -0.367. The van der Waals surface area contributed by atoms with Crippen LogP contribution in [0.15, 0.2) is 12.2 Å². The Bertz CT molecular complexity index is 288. The van der Waals surface area contributed by atoms with Crippen LogP contribution in [-0.4, -0.2) is 52.9 Å². The molecule has 1 amide bonds. The van der Waals surface area contributed by atoms with E-state index in [1.54, 1.807) is 6.92 Å². The van der Waals surface area contributed by atoms with Crippen molar-refractivity contribution in [3.8, 4) is 0 Å². The summed E-state index contributed by atoms with van der Waals surface area (Å²) in [5.41, 5.74) is 0.589. The fourth-order valence-corrected chi connectivity index (χ4v) is 3.17. The lowest BCUT2D eigenvalue weighted by Crippen LogP contribution is -2.42. The van der Waals surface area contributed by atoms with E-state index < -0.39 is 0 Å². The molecule has 0 aliphatic carbocycles. The van der Waals surface area contributed by atoms with Crippen LogP contribution in [-0.2, 0) is 4.79 Å². The summed E-state index contributed by atoms with van der Waals surface area (Å²) in [7, 11) is 4.20. The number of nitrogens with one attached hydrogen (secondary N) is 1. The van der Waals surface area contributed by atoms with Gasteiger partial charge in [0.05, 0.1) is 27.2 Å². The van der Waals surface area contributed by atoms with E-state index in [9.17, 15) is 4.79 Å². The molecule has 4 heteroatoms. The maximum atomic E-state index is 11.3. The molecule has 0 fully saturated rings. The molecule has 19 heavy (non-hydrogen) atoms. The van der Waals surface area contributed by atoms with Crippen LogP contribution in [0.4, 0.5) is 0 Å². The molecule has 0 aliphatic rings. The van der Waals surface area contributed by atoms with Crippen molar-refractivity contribution >= 4 is 14.7 Å². The minimum absolute atomic E-state index is 0.0211. The van der Waals surface area contributed by atoms with Crippen LogP contribution in [0.1, 0.15) is 26.2 Å². The maximum Gasteiger partial charge on any atom is 0.246 e. The van der Waals surface area contributed by atoms with Gasteiger partial charge < -0.3 is 9.80 Å². The molecule has 0 aromatic rings. The lowest BCUT2D eigenvalue weighted by Gasteiger charge is -2.30. The van der Waals surface area contributed by atoms with Gasteiger partial charge in [-0.25, -0.2) is 0 Å². The average molecular weight is 286 g/mol. The van der Waals surface area contributed by atoms with E-state index in [0.717, 1.165) is 24.0 Å². The van der Waals surface area contributed by atoms with E-state index in [1.807, 2.05) is 0 Å². The molecule has 0 rings (SSSR count). The summed E-state index contributed by atoms with van der Waals surface area (Å²) in [5.74, 6) is -0.0211. The molecule has 0 radical (unpaired) electrons. The van der Waals surface area contributed by atoms with Gasteiger partial charge in [-0.3, -0.25) is 4.79 Å². The molecule has 0 saturated heterocycles. The number of rotatable bonds is 10. The highest BCUT2D eigenvalue weighted by molar-refractivity contribution is 6.55. The number of carbonyl (C=O) groups is 1. The maximum absolute atomic E-state index is 11.3. The average Bonchev–Trinajstić information content (AvgIpc) is 2.29. The van der Waals surface area contributed by atoms with E-state index >= 15 is 0 Å². The molecule has 0 aromatic heterocycles. The highest BCUT2D eigenvalue weighted by Crippen LogP contribution is 2.07. The summed E-state index contributed by atoms with van der Waals surface area (Å²) in [6.45, 7) is 13.3. The normalized spacial score (nSPS) is 11.7. The molecule has 0 unspecified atom stereocenters. The zero-order valence-corrected chi connectivity index (χ0v) is 14.7. The standard InChI is InChI=1S/C15H32N2OSi/c1-14(2)15(18)16-10-9-12-17(3,4)11-7-8-13-19(5)6/h19H,1,7-13H2,2-6H3/p+1. The van der Waals surface area contributed by atoms with Crippen molar-refractivity contribution in [1.29, 1.82) is 0 Å². The van der Waals surface area contributed by atoms with Crippen LogP contribution >= 0.6 is 0 Å². The lowest BCUT2D eigenvalue weighted by atomic mass is 10.2. The second kappa shape index (κ2) is 9.32. The zero-order valence-electron chi connectivity index (χ0n) is 13.6. The minimum Gasteiger partial charge on any atom is -0.352 e. The first-order valence-electron chi connectivity index (χ1n) is 7.50. The fourth-order valence-electron chi connectivity index (χ4n) is 2.06. The summed E-state index contributed by atoms with van der Waals surface area (Å²) in [5, 5.41) is 2.89. The third-order valence-electron chi connectivity index (χ3n) is 3.41. The molecule has 0 bridgehead atoms. The summed E-state index contributed by atoms with van der Waals surface area (Å²) in [4.78, 5) is 11.3. The highest BCUT2D eigenvalue weighted by Gasteiger charge is 2.14. The van der Waals surface area contributed by atoms with E-state index in [2.05, 4.69) is 39.1 Å². The van der Waals surface area contributed by atoms with Crippen LogP contribution < -0.4 is 5.32 Å². The number of hydrogen-bond acceptors (Lipinski definition) is 1. The Morgan fingerprint density at radius 2 is 1.74 bits per heavy atom. The number of carbonyl (C=O) groups excluding carboxylic acids is 1. The van der Waals surface area contributed by atoms with Crippen LogP contribution in [0, 0.1) is 0 Å². The monoisotopic (exact) mass is 285 g/mol. The van der Waals surface area contributed by atoms with Gasteiger partial charge in [0, 0.05) is 27.3 Å². The van der Waals surface area contributed by atoms with Gasteiger partial charge in [0.15, 0.2) is 0 Å². The predicted octanol–water partition coefficient (Wildman–Crippen LogP) is 2.41. The number of nitrogens with zero attached hydrogens (tertiary/aromatic N) is 1. The van der Waals surface area contributed by atoms with Crippen LogP contribution in [0.25, 0.3) is 0 Å². The lowest BCUT2D eigenvalue weighted by molar-refractivity contribution is -0.890. The Labute approximate surface area is 121 Å². The third kappa shape index (κ3) is 11.0. The first-order chi connectivity index (χ1) is 8.74. The van der Waals surface area contributed by atoms with E-state index in [-0.39, 0.29) is 14.7 Å². The van der Waals surface area contributed by atoms with Crippen LogP contribution in [0.2, 0.25) is 19.1 Å². The molecule has 0 saturated carbocycles. The molecule has 0 aromatic carbocycles. The highest BCUT2D eigenvalue weighted by atomic mass is 28.3. The predicted molar refractivity (Wildman–Crippen MR) is 87.2 cm³/mol. The molecule has 112 valence electrons. The Balaban J connectivity index is 3.67. The summed E-state index contributed by atoms with van der Waals surface area (Å²) < 4.78 is 1.06. The molecular weight excluding hydrogens is 252 g/mol. The molecular formula is C15H33N2OSi+. The Morgan fingerprint density at radius 1 is 1.16 bits per heavy atom. The summed E-state index contributed by atoms with van der Waals surface area (Å²) in [6, 6.07) is 1.47. The van der Waals surface area contributed by atoms with Gasteiger partial charge in [-0.05, 0) is 13.3 Å². The van der Waals surface area contributed by atoms with Gasteiger partial charge in [0.1, 0.15) is 0 Å². The zero-order chi connectivity index (χ0) is 14.9. The molecule has 0 heterocycles. The second-order valence-electron chi connectivity index (χ2n) is 6.66. The third-order valence-corrected chi connectivity index (χ3v) is 4.97. The van der Waals surface area contributed by atoms with E-state index in [4.69, 9.17) is 0 Å². The van der Waals surface area contributed by atoms with Gasteiger partial charge in [0.25, 0.3) is 0 Å². The Kier molecular flexibility index (Phi) is 9.02. The molecule has 1 N–H and O–H groups in total. The number of hydrogen-bond donors (Lipinski definition) is 1. The Hall–Kier alpha value is -0.613. The van der Waals surface area contributed by atoms with Crippen molar-refractivity contribution in [2.75, 3.05) is 33.7 Å². The van der Waals surface area contributed by atoms with Crippen molar-refractivity contribution in [3.63, 3.8) is 0 Å². The van der Waals surface area contributed by atoms with Crippen molar-refractivity contribution in [3.05, 3.63) is 12.2 Å². The van der Waals surface area contributed by atoms with Crippen molar-refractivity contribution in [2.45, 2.75) is 45.3 Å². The first kappa shape index (κ1) is 18.4. The Morgan fingerprint density at radius 3 is 2.26 bits per heavy atom. The second-order valence-corrected chi connectivity index (χ2v) is 10.0. The van der Waals surface area contributed by atoms with Gasteiger partial charge in [0.2, 0.25) is 5.91 Å². The first-order valence-corrected chi connectivity index (χ1v) is 10.6. The number of quaternary nitrogens is 1. The molecule has 0 atom stereocenters. The van der Waals surface area contributed by atoms with Crippen molar-refractivity contribution < 1.29 is 9.28 Å². The molecule has 3 nitrogen and oxygen atoms in total. The largest absolute Gasteiger partial charge is 0.352 e. The van der Waals surface area contributed by atoms with Crippen LogP contribution in [0.5, 0.6) is 0 Å². The van der Waals surface area contributed by atoms with Crippen LogP contribution in [0.3, 0.4) is 0 Å². The van der Waals surface area contributed by atoms with Gasteiger partial charge in [-0.2, -0.15) is 0 Å². The fraction of sp³-hybridized carbons (Fsp3) is 0.800. The summed E-state index contributed by atoms with van der Waals surface area (Å²) >= 11 is 0. The topological polar surface area (TPSA) is 29.1 Å². The quantitative estimate of drug-likeness (QED) is 0.284. The van der Waals surface area contributed by atoms with E-state index in [0.29, 0.717) is 5.57 Å². The number of unbranched alkanes of at least 4 members (excludes halogenated alkanes) is 1. The van der Waals surface area contributed by atoms with Gasteiger partial charge >= 0.3 is 0 Å². The van der Waals surface area contributed by atoms with Crippen molar-refractivity contribution in [2.24, 2.45) is 0 Å². The number of amides is 1. The summed E-state index contributed by atoms with van der Waals surface area (Å²) in [6.07, 6.45) is 3.75.